The number of halogens is 4. The van der Waals surface area contributed by atoms with Crippen molar-refractivity contribution in [2.75, 3.05) is 0 Å². The standard InChI is InChI=1S/C28H23ClF3N7O3/c29-20-12-10-19(11-13-20)25-36-38(27(42)37(25)15-23(40)28(30,31)32)16-24-34-17-39(35-24)22-9-5-4-8-21(22)26(41)33-14-18-6-2-1-3-7-18/h1-13,17,23,40H,14-16H2,(H,33,41)/t23-/m0/s1. The number of hydrogen-bond acceptors (Lipinski definition) is 6. The van der Waals surface area contributed by atoms with Gasteiger partial charge in [0.2, 0.25) is 0 Å². The Morgan fingerprint density at radius 3 is 2.38 bits per heavy atom. The fourth-order valence-corrected chi connectivity index (χ4v) is 4.28. The molecule has 0 spiro atoms. The molecule has 0 unspecified atom stereocenters. The number of benzene rings is 3. The molecule has 1 atom stereocenters. The van der Waals surface area contributed by atoms with Gasteiger partial charge in [-0.25, -0.2) is 19.1 Å². The number of carbonyl (C=O) groups is 1. The first kappa shape index (κ1) is 28.8. The van der Waals surface area contributed by atoms with Crippen molar-refractivity contribution in [3.63, 3.8) is 0 Å². The van der Waals surface area contributed by atoms with Crippen molar-refractivity contribution < 1.29 is 23.1 Å². The van der Waals surface area contributed by atoms with Gasteiger partial charge in [0.05, 0.1) is 17.8 Å². The number of para-hydroxylation sites is 1. The van der Waals surface area contributed by atoms with E-state index in [0.717, 1.165) is 14.8 Å². The van der Waals surface area contributed by atoms with Crippen LogP contribution in [0.25, 0.3) is 17.1 Å². The lowest BCUT2D eigenvalue weighted by Gasteiger charge is -2.15. The van der Waals surface area contributed by atoms with E-state index in [9.17, 15) is 27.9 Å². The Morgan fingerprint density at radius 2 is 1.67 bits per heavy atom. The van der Waals surface area contributed by atoms with Crippen molar-refractivity contribution in [1.29, 1.82) is 0 Å². The number of carbonyl (C=O) groups excluding carboxylic acids is 1. The quantitative estimate of drug-likeness (QED) is 0.266. The summed E-state index contributed by atoms with van der Waals surface area (Å²) >= 11 is 5.93. The van der Waals surface area contributed by atoms with Gasteiger partial charge in [-0.05, 0) is 42.0 Å². The smallest absolute Gasteiger partial charge is 0.382 e. The Balaban J connectivity index is 1.41. The molecule has 0 aliphatic carbocycles. The Hall–Kier alpha value is -4.75. The number of hydrogen-bond donors (Lipinski definition) is 2. The molecule has 0 saturated heterocycles. The summed E-state index contributed by atoms with van der Waals surface area (Å²) in [5.74, 6) is -0.322. The molecule has 2 heterocycles. The number of alkyl halides is 3. The molecule has 14 heteroatoms. The third-order valence-corrected chi connectivity index (χ3v) is 6.53. The van der Waals surface area contributed by atoms with Gasteiger partial charge >= 0.3 is 11.9 Å². The SMILES string of the molecule is O=C(NCc1ccccc1)c1ccccc1-n1cnc(Cn2nc(-c3ccc(Cl)cc3)n(C[C@H](O)C(F)(F)F)c2=O)n1. The molecule has 216 valence electrons. The third kappa shape index (κ3) is 6.42. The van der Waals surface area contributed by atoms with E-state index >= 15 is 0 Å². The maximum atomic E-state index is 13.1. The summed E-state index contributed by atoms with van der Waals surface area (Å²) in [5, 5.41) is 21.5. The van der Waals surface area contributed by atoms with Crippen molar-refractivity contribution >= 4 is 17.5 Å². The van der Waals surface area contributed by atoms with Crippen LogP contribution < -0.4 is 11.0 Å². The van der Waals surface area contributed by atoms with E-state index in [1.54, 1.807) is 24.3 Å². The van der Waals surface area contributed by atoms with Gasteiger partial charge < -0.3 is 10.4 Å². The molecule has 2 N–H and O–H groups in total. The molecule has 2 aromatic heterocycles. The van der Waals surface area contributed by atoms with Crippen LogP contribution in [0.5, 0.6) is 0 Å². The lowest BCUT2D eigenvalue weighted by Crippen LogP contribution is -2.37. The van der Waals surface area contributed by atoms with Gasteiger partial charge in [-0.3, -0.25) is 9.36 Å². The molecule has 0 aliphatic rings. The normalized spacial score (nSPS) is 12.3. The topological polar surface area (TPSA) is 120 Å². The minimum atomic E-state index is -4.94. The summed E-state index contributed by atoms with van der Waals surface area (Å²) in [5.41, 5.74) is 1.10. The number of aliphatic hydroxyl groups is 1. The van der Waals surface area contributed by atoms with Crippen LogP contribution in [-0.4, -0.2) is 52.4 Å². The maximum Gasteiger partial charge on any atom is 0.416 e. The van der Waals surface area contributed by atoms with Crippen LogP contribution in [0.15, 0.2) is 90.0 Å². The number of nitrogens with zero attached hydrogens (tertiary/aromatic N) is 6. The number of rotatable bonds is 9. The van der Waals surface area contributed by atoms with Crippen LogP contribution in [0.3, 0.4) is 0 Å². The lowest BCUT2D eigenvalue weighted by atomic mass is 10.1. The summed E-state index contributed by atoms with van der Waals surface area (Å²) < 4.78 is 42.4. The fraction of sp³-hybridized carbons (Fsp3) is 0.179. The van der Waals surface area contributed by atoms with Gasteiger partial charge in [0.1, 0.15) is 12.9 Å². The van der Waals surface area contributed by atoms with Crippen molar-refractivity contribution in [2.45, 2.75) is 31.9 Å². The van der Waals surface area contributed by atoms with Gasteiger partial charge in [0, 0.05) is 17.1 Å². The van der Waals surface area contributed by atoms with Gasteiger partial charge in [0.15, 0.2) is 17.8 Å². The Morgan fingerprint density at radius 1 is 0.976 bits per heavy atom. The number of aromatic nitrogens is 6. The third-order valence-electron chi connectivity index (χ3n) is 6.28. The minimum Gasteiger partial charge on any atom is -0.382 e. The number of amides is 1. The van der Waals surface area contributed by atoms with Gasteiger partial charge in [0.25, 0.3) is 5.91 Å². The van der Waals surface area contributed by atoms with Crippen molar-refractivity contribution in [3.8, 4) is 17.1 Å². The summed E-state index contributed by atoms with van der Waals surface area (Å²) in [4.78, 5) is 30.3. The molecule has 5 aromatic rings. The molecular formula is C28H23ClF3N7O3. The Bertz CT molecular complexity index is 1750. The highest BCUT2D eigenvalue weighted by Crippen LogP contribution is 2.24. The predicted molar refractivity (Wildman–Crippen MR) is 147 cm³/mol. The van der Waals surface area contributed by atoms with Crippen molar-refractivity contribution in [3.05, 3.63) is 118 Å². The molecule has 42 heavy (non-hydrogen) atoms. The van der Waals surface area contributed by atoms with Gasteiger partial charge in [-0.2, -0.15) is 13.2 Å². The molecule has 1 amide bonds. The van der Waals surface area contributed by atoms with Crippen LogP contribution in [0.2, 0.25) is 5.02 Å². The highest BCUT2D eigenvalue weighted by molar-refractivity contribution is 6.30. The van der Waals surface area contributed by atoms with E-state index in [-0.39, 0.29) is 24.1 Å². The zero-order chi connectivity index (χ0) is 29.9. The van der Waals surface area contributed by atoms with E-state index in [1.165, 1.54) is 35.3 Å². The molecule has 5 rings (SSSR count). The first-order valence-corrected chi connectivity index (χ1v) is 13.0. The van der Waals surface area contributed by atoms with Crippen LogP contribution in [0.4, 0.5) is 13.2 Å². The molecule has 0 fully saturated rings. The Kier molecular flexibility index (Phi) is 8.22. The van der Waals surface area contributed by atoms with Crippen molar-refractivity contribution in [1.82, 2.24) is 34.4 Å². The second-order valence-electron chi connectivity index (χ2n) is 9.23. The summed E-state index contributed by atoms with van der Waals surface area (Å²) in [6.07, 6.45) is -6.38. The summed E-state index contributed by atoms with van der Waals surface area (Å²) in [7, 11) is 0. The fourth-order valence-electron chi connectivity index (χ4n) is 4.16. The molecule has 0 radical (unpaired) electrons. The monoisotopic (exact) mass is 597 g/mol. The molecule has 0 aliphatic heterocycles. The van der Waals surface area contributed by atoms with Gasteiger partial charge in [-0.15, -0.1) is 10.2 Å². The van der Waals surface area contributed by atoms with E-state index in [2.05, 4.69) is 20.5 Å². The number of nitrogens with one attached hydrogen (secondary N) is 1. The van der Waals surface area contributed by atoms with Crippen molar-refractivity contribution in [2.24, 2.45) is 0 Å². The first-order valence-electron chi connectivity index (χ1n) is 12.6. The second-order valence-corrected chi connectivity index (χ2v) is 9.67. The van der Waals surface area contributed by atoms with E-state index in [4.69, 9.17) is 11.6 Å². The number of aliphatic hydroxyl groups excluding tert-OH is 1. The summed E-state index contributed by atoms with van der Waals surface area (Å²) in [6.45, 7) is -1.03. The average molecular weight is 598 g/mol. The van der Waals surface area contributed by atoms with Crippen LogP contribution in [0.1, 0.15) is 21.7 Å². The molecule has 3 aromatic carbocycles. The highest BCUT2D eigenvalue weighted by Gasteiger charge is 2.39. The summed E-state index contributed by atoms with van der Waals surface area (Å²) in [6, 6.07) is 22.1. The molecule has 10 nitrogen and oxygen atoms in total. The molecular weight excluding hydrogens is 575 g/mol. The van der Waals surface area contributed by atoms with Crippen LogP contribution in [0, 0.1) is 0 Å². The minimum absolute atomic E-state index is 0.0974. The van der Waals surface area contributed by atoms with Gasteiger partial charge in [-0.1, -0.05) is 54.1 Å². The molecule has 0 saturated carbocycles. The van der Waals surface area contributed by atoms with Crippen LogP contribution >= 0.6 is 11.6 Å². The van der Waals surface area contributed by atoms with E-state index in [1.807, 2.05) is 30.3 Å². The van der Waals surface area contributed by atoms with E-state index < -0.39 is 24.5 Å². The zero-order valence-electron chi connectivity index (χ0n) is 21.7. The first-order chi connectivity index (χ1) is 20.1. The molecule has 0 bridgehead atoms. The largest absolute Gasteiger partial charge is 0.416 e. The predicted octanol–water partition coefficient (Wildman–Crippen LogP) is 3.85. The zero-order valence-corrected chi connectivity index (χ0v) is 22.5. The van der Waals surface area contributed by atoms with Crippen LogP contribution in [-0.2, 0) is 19.6 Å². The average Bonchev–Trinajstić information content (AvgIpc) is 3.57. The Labute approximate surface area is 241 Å². The maximum absolute atomic E-state index is 13.1. The lowest BCUT2D eigenvalue weighted by molar-refractivity contribution is -0.207. The van der Waals surface area contributed by atoms with E-state index in [0.29, 0.717) is 28.4 Å². The highest BCUT2D eigenvalue weighted by atomic mass is 35.5. The second kappa shape index (κ2) is 12.0.